The van der Waals surface area contributed by atoms with Crippen molar-refractivity contribution in [2.24, 2.45) is 0 Å². The molecule has 0 aliphatic carbocycles. The van der Waals surface area contributed by atoms with Crippen LogP contribution in [0.2, 0.25) is 0 Å². The number of hydrogen-bond acceptors (Lipinski definition) is 3. The quantitative estimate of drug-likeness (QED) is 0.601. The average Bonchev–Trinajstić information content (AvgIpc) is 3.10. The number of benzene rings is 2. The maximum Gasteiger partial charge on any atom is 0.127 e. The highest BCUT2D eigenvalue weighted by molar-refractivity contribution is 5.68. The van der Waals surface area contributed by atoms with Crippen LogP contribution in [0.3, 0.4) is 0 Å². The van der Waals surface area contributed by atoms with Crippen molar-refractivity contribution in [3.05, 3.63) is 59.4 Å². The number of nitrogens with two attached hydrogens (primary N) is 1. The molecule has 0 bridgehead atoms. The summed E-state index contributed by atoms with van der Waals surface area (Å²) in [4.78, 5) is 2.37. The molecule has 0 amide bonds. The Balaban J connectivity index is 1.43. The minimum Gasteiger partial charge on any atom is -0.397 e. The highest BCUT2D eigenvalue weighted by Gasteiger charge is 2.14. The molecule has 2 aromatic rings. The Morgan fingerprint density at radius 1 is 1.08 bits per heavy atom. The molecule has 0 spiro atoms. The molecule has 0 aromatic heterocycles. The lowest BCUT2D eigenvalue weighted by Crippen LogP contribution is -2.19. The lowest BCUT2D eigenvalue weighted by atomic mass is 10.1. The normalized spacial score (nSPS) is 14.3. The van der Waals surface area contributed by atoms with Crippen LogP contribution in [0.5, 0.6) is 0 Å². The average molecular weight is 327 g/mol. The Kier molecular flexibility index (Phi) is 5.70. The molecular formula is C20H26FN3. The minimum absolute atomic E-state index is 0.143. The summed E-state index contributed by atoms with van der Waals surface area (Å²) >= 11 is 0. The van der Waals surface area contributed by atoms with Gasteiger partial charge in [0.1, 0.15) is 5.82 Å². The Labute approximate surface area is 143 Å². The molecule has 1 heterocycles. The smallest absolute Gasteiger partial charge is 0.127 e. The van der Waals surface area contributed by atoms with E-state index in [1.54, 1.807) is 6.07 Å². The Morgan fingerprint density at radius 3 is 2.62 bits per heavy atom. The monoisotopic (exact) mass is 327 g/mol. The fraction of sp³-hybridized carbons (Fsp3) is 0.400. The Hall–Kier alpha value is -2.07. The van der Waals surface area contributed by atoms with Crippen LogP contribution in [-0.4, -0.2) is 19.6 Å². The molecule has 1 aliphatic rings. The van der Waals surface area contributed by atoms with Crippen molar-refractivity contribution in [3.63, 3.8) is 0 Å². The number of aryl methyl sites for hydroxylation is 1. The minimum atomic E-state index is -0.143. The lowest BCUT2D eigenvalue weighted by Gasteiger charge is -2.20. The summed E-state index contributed by atoms with van der Waals surface area (Å²) < 4.78 is 13.5. The van der Waals surface area contributed by atoms with Gasteiger partial charge >= 0.3 is 0 Å². The molecule has 128 valence electrons. The molecule has 1 fully saturated rings. The van der Waals surface area contributed by atoms with Gasteiger partial charge in [-0.25, -0.2) is 4.39 Å². The van der Waals surface area contributed by atoms with Gasteiger partial charge in [-0.15, -0.1) is 0 Å². The van der Waals surface area contributed by atoms with Gasteiger partial charge in [0.2, 0.25) is 0 Å². The van der Waals surface area contributed by atoms with E-state index in [1.807, 2.05) is 12.1 Å². The fourth-order valence-corrected chi connectivity index (χ4v) is 3.29. The molecule has 1 saturated heterocycles. The van der Waals surface area contributed by atoms with E-state index >= 15 is 0 Å². The summed E-state index contributed by atoms with van der Waals surface area (Å²) in [6, 6.07) is 13.3. The number of anilines is 2. The molecule has 3 nitrogen and oxygen atoms in total. The van der Waals surface area contributed by atoms with Gasteiger partial charge in [-0.05, 0) is 56.0 Å². The molecule has 0 unspecified atom stereocenters. The van der Waals surface area contributed by atoms with Gasteiger partial charge in [0.05, 0.1) is 11.4 Å². The summed E-state index contributed by atoms with van der Waals surface area (Å²) in [5, 5.41) is 3.30. The van der Waals surface area contributed by atoms with Crippen LogP contribution in [0.1, 0.15) is 30.4 Å². The molecule has 0 saturated carbocycles. The predicted molar refractivity (Wildman–Crippen MR) is 98.7 cm³/mol. The zero-order chi connectivity index (χ0) is 16.8. The molecule has 0 radical (unpaired) electrons. The van der Waals surface area contributed by atoms with Crippen LogP contribution in [-0.2, 0) is 13.0 Å². The van der Waals surface area contributed by atoms with E-state index in [-0.39, 0.29) is 5.82 Å². The zero-order valence-corrected chi connectivity index (χ0v) is 14.1. The topological polar surface area (TPSA) is 41.3 Å². The number of halogens is 1. The van der Waals surface area contributed by atoms with Gasteiger partial charge in [0, 0.05) is 25.2 Å². The summed E-state index contributed by atoms with van der Waals surface area (Å²) in [5.74, 6) is -0.143. The van der Waals surface area contributed by atoms with E-state index in [0.29, 0.717) is 6.54 Å². The first kappa shape index (κ1) is 16.8. The first-order chi connectivity index (χ1) is 11.7. The highest BCUT2D eigenvalue weighted by atomic mass is 19.1. The zero-order valence-electron chi connectivity index (χ0n) is 14.1. The summed E-state index contributed by atoms with van der Waals surface area (Å²) in [5.41, 5.74) is 10.3. The van der Waals surface area contributed by atoms with Crippen molar-refractivity contribution in [1.29, 1.82) is 0 Å². The van der Waals surface area contributed by atoms with Gasteiger partial charge in [0.25, 0.3) is 0 Å². The number of nitrogens with zero attached hydrogens (tertiary/aromatic N) is 1. The third-order valence-corrected chi connectivity index (χ3v) is 4.63. The van der Waals surface area contributed by atoms with E-state index in [1.165, 1.54) is 30.2 Å². The van der Waals surface area contributed by atoms with E-state index < -0.39 is 0 Å². The Bertz CT molecular complexity index is 666. The van der Waals surface area contributed by atoms with Gasteiger partial charge < -0.3 is 16.0 Å². The summed E-state index contributed by atoms with van der Waals surface area (Å²) in [6.07, 6.45) is 4.51. The van der Waals surface area contributed by atoms with E-state index in [9.17, 15) is 4.39 Å². The van der Waals surface area contributed by atoms with Crippen molar-refractivity contribution in [2.45, 2.75) is 32.2 Å². The van der Waals surface area contributed by atoms with Crippen LogP contribution in [0, 0.1) is 5.82 Å². The summed E-state index contributed by atoms with van der Waals surface area (Å²) in [7, 11) is 0. The van der Waals surface area contributed by atoms with Crippen LogP contribution in [0.4, 0.5) is 15.8 Å². The number of nitrogens with one attached hydrogen (secondary N) is 1. The van der Waals surface area contributed by atoms with Crippen LogP contribution >= 0.6 is 0 Å². The molecule has 1 aliphatic heterocycles. The summed E-state index contributed by atoms with van der Waals surface area (Å²) in [6.45, 7) is 3.66. The predicted octanol–water partition coefficient (Wildman–Crippen LogP) is 3.73. The molecule has 4 heteroatoms. The van der Waals surface area contributed by atoms with Crippen LogP contribution < -0.4 is 16.0 Å². The van der Waals surface area contributed by atoms with E-state index in [4.69, 9.17) is 5.73 Å². The van der Waals surface area contributed by atoms with Crippen molar-refractivity contribution in [2.75, 3.05) is 30.3 Å². The molecule has 2 aromatic carbocycles. The van der Waals surface area contributed by atoms with Crippen molar-refractivity contribution in [1.82, 2.24) is 5.32 Å². The second kappa shape index (κ2) is 8.15. The molecule has 24 heavy (non-hydrogen) atoms. The SMILES string of the molecule is Nc1cc(CCCNCc2ccccc2F)ccc1N1CCCC1. The van der Waals surface area contributed by atoms with Crippen molar-refractivity contribution < 1.29 is 4.39 Å². The standard InChI is InChI=1S/C20H26FN3/c21-18-8-2-1-7-17(18)15-23-11-5-6-16-9-10-20(19(22)14-16)24-12-3-4-13-24/h1-2,7-10,14,23H,3-6,11-13,15,22H2. The van der Waals surface area contributed by atoms with Gasteiger partial charge in [-0.2, -0.15) is 0 Å². The Morgan fingerprint density at radius 2 is 1.88 bits per heavy atom. The number of hydrogen-bond donors (Lipinski definition) is 2. The fourth-order valence-electron chi connectivity index (χ4n) is 3.29. The lowest BCUT2D eigenvalue weighted by molar-refractivity contribution is 0.582. The van der Waals surface area contributed by atoms with Crippen LogP contribution in [0.25, 0.3) is 0 Å². The second-order valence-corrected chi connectivity index (χ2v) is 6.46. The number of nitrogen functional groups attached to an aromatic ring is 1. The third kappa shape index (κ3) is 4.26. The molecular weight excluding hydrogens is 301 g/mol. The van der Waals surface area contributed by atoms with Crippen molar-refractivity contribution >= 4 is 11.4 Å². The maximum atomic E-state index is 13.5. The first-order valence-corrected chi connectivity index (χ1v) is 8.81. The third-order valence-electron chi connectivity index (χ3n) is 4.63. The van der Waals surface area contributed by atoms with Gasteiger partial charge in [0.15, 0.2) is 0 Å². The maximum absolute atomic E-state index is 13.5. The van der Waals surface area contributed by atoms with Crippen LogP contribution in [0.15, 0.2) is 42.5 Å². The number of rotatable bonds is 7. The largest absolute Gasteiger partial charge is 0.397 e. The highest BCUT2D eigenvalue weighted by Crippen LogP contribution is 2.27. The van der Waals surface area contributed by atoms with Gasteiger partial charge in [-0.1, -0.05) is 24.3 Å². The van der Waals surface area contributed by atoms with E-state index in [2.05, 4.69) is 28.4 Å². The van der Waals surface area contributed by atoms with E-state index in [0.717, 1.165) is 43.7 Å². The molecule has 0 atom stereocenters. The van der Waals surface area contributed by atoms with Crippen molar-refractivity contribution in [3.8, 4) is 0 Å². The second-order valence-electron chi connectivity index (χ2n) is 6.46. The van der Waals surface area contributed by atoms with Gasteiger partial charge in [-0.3, -0.25) is 0 Å². The molecule has 3 N–H and O–H groups in total. The first-order valence-electron chi connectivity index (χ1n) is 8.81. The molecule has 3 rings (SSSR count).